The monoisotopic (exact) mass is 617 g/mol. The van der Waals surface area contributed by atoms with E-state index in [1.165, 1.54) is 18.2 Å². The number of amides is 4. The van der Waals surface area contributed by atoms with Gasteiger partial charge in [-0.25, -0.2) is 4.90 Å². The Morgan fingerprint density at radius 1 is 0.568 bits per heavy atom. The molecule has 1 aliphatic rings. The minimum atomic E-state index is -0.537. The van der Waals surface area contributed by atoms with Gasteiger partial charge in [-0.15, -0.1) is 0 Å². The van der Waals surface area contributed by atoms with Gasteiger partial charge >= 0.3 is 0 Å². The predicted octanol–water partition coefficient (Wildman–Crippen LogP) is 6.52. The number of nitrogens with zero attached hydrogens (tertiary/aromatic N) is 1. The first-order chi connectivity index (χ1) is 17.8. The molecule has 0 aliphatic carbocycles. The van der Waals surface area contributed by atoms with Crippen LogP contribution in [0, 0.1) is 0 Å². The van der Waals surface area contributed by atoms with Crippen molar-refractivity contribution in [2.75, 3.05) is 15.5 Å². The van der Waals surface area contributed by atoms with Crippen molar-refractivity contribution < 1.29 is 19.2 Å². The number of imide groups is 1. The van der Waals surface area contributed by atoms with Crippen LogP contribution < -0.4 is 15.5 Å². The van der Waals surface area contributed by atoms with Crippen molar-refractivity contribution in [1.82, 2.24) is 0 Å². The van der Waals surface area contributed by atoms with Crippen LogP contribution >= 0.6 is 31.9 Å². The van der Waals surface area contributed by atoms with E-state index in [-0.39, 0.29) is 22.6 Å². The van der Waals surface area contributed by atoms with E-state index in [0.29, 0.717) is 22.6 Å². The largest absolute Gasteiger partial charge is 0.322 e. The van der Waals surface area contributed by atoms with Crippen LogP contribution in [0.25, 0.3) is 0 Å². The van der Waals surface area contributed by atoms with Crippen LogP contribution in [0.5, 0.6) is 0 Å². The summed E-state index contributed by atoms with van der Waals surface area (Å²) in [5, 5.41) is 5.57. The average molecular weight is 619 g/mol. The summed E-state index contributed by atoms with van der Waals surface area (Å²) in [7, 11) is 0. The Morgan fingerprint density at radius 2 is 1.03 bits per heavy atom. The van der Waals surface area contributed by atoms with Crippen molar-refractivity contribution >= 4 is 72.6 Å². The van der Waals surface area contributed by atoms with E-state index in [4.69, 9.17) is 0 Å². The van der Waals surface area contributed by atoms with E-state index >= 15 is 0 Å². The summed E-state index contributed by atoms with van der Waals surface area (Å²) in [5.41, 5.74) is 2.54. The molecule has 0 saturated heterocycles. The van der Waals surface area contributed by atoms with E-state index in [1.54, 1.807) is 60.7 Å². The first-order valence-electron chi connectivity index (χ1n) is 11.1. The summed E-state index contributed by atoms with van der Waals surface area (Å²) < 4.78 is 1.78. The molecule has 0 bridgehead atoms. The number of anilines is 3. The van der Waals surface area contributed by atoms with Crippen molar-refractivity contribution in [3.05, 3.63) is 122 Å². The molecule has 4 aromatic rings. The molecule has 37 heavy (non-hydrogen) atoms. The molecular weight excluding hydrogens is 602 g/mol. The van der Waals surface area contributed by atoms with Crippen LogP contribution in [0.1, 0.15) is 41.4 Å². The van der Waals surface area contributed by atoms with Gasteiger partial charge in [-0.05, 0) is 91.0 Å². The van der Waals surface area contributed by atoms with Crippen molar-refractivity contribution in [1.29, 1.82) is 0 Å². The van der Waals surface area contributed by atoms with Gasteiger partial charge < -0.3 is 10.6 Å². The molecule has 0 atom stereocenters. The van der Waals surface area contributed by atoms with Crippen LogP contribution in [0.4, 0.5) is 17.1 Å². The van der Waals surface area contributed by atoms with Gasteiger partial charge in [0.1, 0.15) is 0 Å². The molecule has 0 radical (unpaired) electrons. The molecule has 0 unspecified atom stereocenters. The van der Waals surface area contributed by atoms with Crippen LogP contribution in [0.15, 0.2) is 99.9 Å². The lowest BCUT2D eigenvalue weighted by Gasteiger charge is -2.14. The van der Waals surface area contributed by atoms with Crippen molar-refractivity contribution in [3.8, 4) is 0 Å². The molecule has 0 saturated carbocycles. The average Bonchev–Trinajstić information content (AvgIpc) is 3.16. The maximum Gasteiger partial charge on any atom is 0.266 e. The van der Waals surface area contributed by atoms with Gasteiger partial charge in [0.2, 0.25) is 0 Å². The molecule has 182 valence electrons. The highest BCUT2D eigenvalue weighted by Crippen LogP contribution is 2.30. The molecule has 1 aliphatic heterocycles. The van der Waals surface area contributed by atoms with Gasteiger partial charge in [-0.1, -0.05) is 31.9 Å². The summed E-state index contributed by atoms with van der Waals surface area (Å²) in [5.74, 6) is -1.75. The van der Waals surface area contributed by atoms with E-state index in [0.717, 1.165) is 13.8 Å². The first-order valence-corrected chi connectivity index (χ1v) is 12.7. The fourth-order valence-electron chi connectivity index (χ4n) is 3.85. The molecular formula is C28H17Br2N3O4. The second kappa shape index (κ2) is 10.1. The van der Waals surface area contributed by atoms with Gasteiger partial charge in [0.15, 0.2) is 0 Å². The van der Waals surface area contributed by atoms with Gasteiger partial charge in [-0.3, -0.25) is 19.2 Å². The Hall–Kier alpha value is -4.08. The number of hydrogen-bond donors (Lipinski definition) is 2. The fourth-order valence-corrected chi connectivity index (χ4v) is 4.38. The Morgan fingerprint density at radius 3 is 1.57 bits per heavy atom. The molecule has 4 aromatic carbocycles. The zero-order valence-electron chi connectivity index (χ0n) is 19.0. The van der Waals surface area contributed by atoms with Gasteiger partial charge in [0.05, 0.1) is 16.8 Å². The minimum Gasteiger partial charge on any atom is -0.322 e. The summed E-state index contributed by atoms with van der Waals surface area (Å²) in [6.45, 7) is 0. The highest BCUT2D eigenvalue weighted by molar-refractivity contribution is 9.10. The minimum absolute atomic E-state index is 0.144. The normalized spacial score (nSPS) is 12.3. The number of fused-ring (bicyclic) bond motifs is 1. The lowest BCUT2D eigenvalue weighted by atomic mass is 10.1. The van der Waals surface area contributed by atoms with Crippen molar-refractivity contribution in [3.63, 3.8) is 0 Å². The molecule has 5 rings (SSSR count). The maximum absolute atomic E-state index is 13.2. The molecule has 0 spiro atoms. The molecule has 9 heteroatoms. The Kier molecular flexibility index (Phi) is 6.73. The van der Waals surface area contributed by atoms with Crippen LogP contribution in [0.3, 0.4) is 0 Å². The van der Waals surface area contributed by atoms with E-state index in [9.17, 15) is 19.2 Å². The topological polar surface area (TPSA) is 95.6 Å². The zero-order chi connectivity index (χ0) is 26.1. The fraction of sp³-hybridized carbons (Fsp3) is 0. The van der Waals surface area contributed by atoms with Crippen molar-refractivity contribution in [2.45, 2.75) is 0 Å². The number of nitrogens with one attached hydrogen (secondary N) is 2. The number of carbonyl (C=O) groups is 4. The van der Waals surface area contributed by atoms with Gasteiger partial charge in [-0.2, -0.15) is 0 Å². The zero-order valence-corrected chi connectivity index (χ0v) is 22.2. The Labute approximate surface area is 228 Å². The highest BCUT2D eigenvalue weighted by atomic mass is 79.9. The lowest BCUT2D eigenvalue weighted by Crippen LogP contribution is -2.29. The summed E-state index contributed by atoms with van der Waals surface area (Å²) >= 11 is 6.70. The SMILES string of the molecule is O=C(Nc1ccc(Br)cc1)c1ccc(N2C(=O)c3ccc(C(=O)Nc4ccc(Br)cc4)cc3C2=O)cc1. The van der Waals surface area contributed by atoms with Crippen LogP contribution in [-0.4, -0.2) is 23.6 Å². The number of rotatable bonds is 5. The third kappa shape index (κ3) is 5.09. The third-order valence-corrected chi connectivity index (χ3v) is 6.80. The number of benzene rings is 4. The lowest BCUT2D eigenvalue weighted by molar-refractivity contribution is 0.0924. The maximum atomic E-state index is 13.2. The molecule has 4 amide bonds. The highest BCUT2D eigenvalue weighted by Gasteiger charge is 2.37. The molecule has 7 nitrogen and oxygen atoms in total. The number of halogens is 2. The molecule has 0 fully saturated rings. The Bertz CT molecular complexity index is 1550. The quantitative estimate of drug-likeness (QED) is 0.249. The molecule has 1 heterocycles. The van der Waals surface area contributed by atoms with Gasteiger partial charge in [0.25, 0.3) is 23.6 Å². The predicted molar refractivity (Wildman–Crippen MR) is 148 cm³/mol. The number of carbonyl (C=O) groups excluding carboxylic acids is 4. The first kappa shape index (κ1) is 24.6. The van der Waals surface area contributed by atoms with E-state index < -0.39 is 17.7 Å². The smallest absolute Gasteiger partial charge is 0.266 e. The van der Waals surface area contributed by atoms with Crippen LogP contribution in [-0.2, 0) is 0 Å². The van der Waals surface area contributed by atoms with E-state index in [2.05, 4.69) is 42.5 Å². The summed E-state index contributed by atoms with van der Waals surface area (Å²) in [4.78, 5) is 52.5. The Balaban J connectivity index is 1.32. The summed E-state index contributed by atoms with van der Waals surface area (Å²) in [6.07, 6.45) is 0. The number of hydrogen-bond acceptors (Lipinski definition) is 4. The van der Waals surface area contributed by atoms with E-state index in [1.807, 2.05) is 12.1 Å². The second-order valence-corrected chi connectivity index (χ2v) is 10.0. The van der Waals surface area contributed by atoms with Crippen LogP contribution in [0.2, 0.25) is 0 Å². The summed E-state index contributed by atoms with van der Waals surface area (Å²) in [6, 6.07) is 24.8. The molecule has 0 aromatic heterocycles. The standard InChI is InChI=1S/C28H17Br2N3O4/c29-18-4-8-20(9-5-18)31-25(34)16-1-12-22(13-2-16)33-27(36)23-14-3-17(15-24(23)28(33)37)26(35)32-21-10-6-19(30)7-11-21/h1-15H,(H,31,34)(H,32,35). The molecule has 2 N–H and O–H groups in total. The van der Waals surface area contributed by atoms with Crippen molar-refractivity contribution in [2.24, 2.45) is 0 Å². The second-order valence-electron chi connectivity index (χ2n) is 8.17. The van der Waals surface area contributed by atoms with Gasteiger partial charge in [0, 0.05) is 31.4 Å². The third-order valence-electron chi connectivity index (χ3n) is 5.74.